The first-order valence-electron chi connectivity index (χ1n) is 16.0. The number of amides is 1. The third-order valence-electron chi connectivity index (χ3n) is 7.27. The number of carbonyl (C=O) groups excluding carboxylic acids is 1. The van der Waals surface area contributed by atoms with Crippen LogP contribution in [0.4, 0.5) is 31.5 Å². The van der Waals surface area contributed by atoms with Gasteiger partial charge in [-0.1, -0.05) is 37.3 Å². The van der Waals surface area contributed by atoms with E-state index in [2.05, 4.69) is 96.0 Å². The van der Waals surface area contributed by atoms with Crippen LogP contribution in [0.15, 0.2) is 146 Å². The Morgan fingerprint density at radius 3 is 1.27 bits per heavy atom. The number of thioether (sulfide) groups is 1. The van der Waals surface area contributed by atoms with Crippen LogP contribution in [0.2, 0.25) is 0 Å². The molecule has 0 spiro atoms. The molecule has 0 bridgehead atoms. The molecule has 3 radical (unpaired) electrons. The number of carbonyl (C=O) groups is 1. The van der Waals surface area contributed by atoms with Gasteiger partial charge in [-0.2, -0.15) is 11.8 Å². The normalized spacial score (nSPS) is 9.73. The van der Waals surface area contributed by atoms with Crippen molar-refractivity contribution in [2.45, 2.75) is 20.9 Å². The van der Waals surface area contributed by atoms with Crippen molar-refractivity contribution in [3.05, 3.63) is 174 Å². The van der Waals surface area contributed by atoms with Gasteiger partial charge in [0, 0.05) is 43.3 Å². The van der Waals surface area contributed by atoms with Crippen LogP contribution in [0.25, 0.3) is 0 Å². The Labute approximate surface area is 373 Å². The van der Waals surface area contributed by atoms with E-state index < -0.39 is 5.82 Å². The van der Waals surface area contributed by atoms with Gasteiger partial charge in [-0.3, -0.25) is 9.69 Å². The molecule has 0 unspecified atom stereocenters. The summed E-state index contributed by atoms with van der Waals surface area (Å²) in [6.45, 7) is 2.72. The SMILES string of the molecule is C.CSC.Cc1ccc(CN(c2ccc(O)cc2)c2ccc(F)cc2)cc1.O=C(c1ccc(O)cc1)N(c1ccc(O)cc1)c1ccc(F)cc1.[B].[I][V]([I])[I]. The average Bonchev–Trinajstić information content (AvgIpc) is 3.15. The molecule has 6 nitrogen and oxygen atoms in total. The van der Waals surface area contributed by atoms with Crippen molar-refractivity contribution >= 4 is 109 Å². The monoisotopic (exact) mass is 1150 g/mol. The molecule has 0 aromatic heterocycles. The zero-order chi connectivity index (χ0) is 39.6. The number of phenols is 3. The van der Waals surface area contributed by atoms with Crippen LogP contribution in [0.5, 0.6) is 17.2 Å². The van der Waals surface area contributed by atoms with E-state index in [1.807, 2.05) is 24.6 Å². The molecule has 0 aliphatic rings. The van der Waals surface area contributed by atoms with Crippen molar-refractivity contribution in [2.75, 3.05) is 22.3 Å². The topological polar surface area (TPSA) is 84.2 Å². The van der Waals surface area contributed by atoms with Crippen molar-refractivity contribution in [2.24, 2.45) is 0 Å². The number of rotatable bonds is 7. The van der Waals surface area contributed by atoms with E-state index >= 15 is 0 Å². The molecule has 6 aromatic carbocycles. The van der Waals surface area contributed by atoms with Crippen molar-refractivity contribution in [3.8, 4) is 17.2 Å². The Hall–Kier alpha value is -2.96. The number of benzene rings is 6. The quantitative estimate of drug-likeness (QED) is 0.109. The van der Waals surface area contributed by atoms with Gasteiger partial charge in [0.15, 0.2) is 0 Å². The third kappa shape index (κ3) is 17.7. The van der Waals surface area contributed by atoms with E-state index in [1.54, 1.807) is 48.2 Å². The van der Waals surface area contributed by atoms with Crippen LogP contribution in [0, 0.1) is 18.6 Å². The molecule has 0 atom stereocenters. The van der Waals surface area contributed by atoms with Crippen molar-refractivity contribution < 1.29 is 33.8 Å². The molecule has 0 aliphatic heterocycles. The van der Waals surface area contributed by atoms with Gasteiger partial charge in [0.2, 0.25) is 0 Å². The molecule has 0 fully saturated rings. The molecular weight excluding hydrogens is 1110 g/mol. The van der Waals surface area contributed by atoms with E-state index in [-0.39, 0.29) is 49.7 Å². The van der Waals surface area contributed by atoms with E-state index in [0.29, 0.717) is 23.5 Å². The summed E-state index contributed by atoms with van der Waals surface area (Å²) in [5, 5.41) is 28.3. The van der Waals surface area contributed by atoms with E-state index in [4.69, 9.17) is 0 Å². The molecular formula is C42H42BF2I3N2O4SV. The number of aryl methyl sites for hydroxylation is 1. The predicted octanol–water partition coefficient (Wildman–Crippen LogP) is 13.3. The molecule has 1 amide bonds. The Bertz CT molecular complexity index is 1910. The first-order valence-corrected chi connectivity index (χ1v) is 31.2. The minimum atomic E-state index is -0.401. The molecule has 56 heavy (non-hydrogen) atoms. The standard InChI is InChI=1S/C20H18FNO.C19H14FNO3.C2H6S.CH4.B.3HI.V/c1-15-2-4-16(5-3-15)14-22(18-8-6-17(21)7-9-18)19-10-12-20(23)13-11-19;20-14-3-5-15(6-4-14)21(16-7-11-18(23)12-8-16)19(24)13-1-9-17(22)10-2-13;1-3-2;;;;;;/h2-13,23H,14H2,1H3;1-12,22-23H;1-2H3;1H4;;3*1H;/q;;;;;;;;+3/p-3. The summed E-state index contributed by atoms with van der Waals surface area (Å²) in [6, 6.07) is 39.3. The number of phenolic OH excluding ortho intramolecular Hbond substituents is 3. The molecule has 293 valence electrons. The second kappa shape index (κ2) is 26.9. The van der Waals surface area contributed by atoms with E-state index in [1.165, 1.54) is 83.3 Å². The predicted molar refractivity (Wildman–Crippen MR) is 255 cm³/mol. The summed E-state index contributed by atoms with van der Waals surface area (Å²) in [6.07, 6.45) is 4.08. The Balaban J connectivity index is 0.000000466. The molecule has 6 rings (SSSR count). The van der Waals surface area contributed by atoms with Crippen LogP contribution in [-0.2, 0) is 11.5 Å². The fourth-order valence-electron chi connectivity index (χ4n) is 4.77. The summed E-state index contributed by atoms with van der Waals surface area (Å²) in [5.74, 6) is -0.633. The maximum absolute atomic E-state index is 13.2. The van der Waals surface area contributed by atoms with Gasteiger partial charge in [0.1, 0.15) is 28.9 Å². The van der Waals surface area contributed by atoms with Gasteiger partial charge < -0.3 is 20.2 Å². The molecule has 3 N–H and O–H groups in total. The maximum atomic E-state index is 13.2. The zero-order valence-corrected chi connectivity index (χ0v) is 38.7. The van der Waals surface area contributed by atoms with E-state index in [9.17, 15) is 28.9 Å². The number of nitrogens with zero attached hydrogens (tertiary/aromatic N) is 2. The number of halogens is 5. The van der Waals surface area contributed by atoms with Gasteiger partial charge in [-0.15, -0.1) is 0 Å². The van der Waals surface area contributed by atoms with Crippen molar-refractivity contribution in [1.29, 1.82) is 0 Å². The van der Waals surface area contributed by atoms with Gasteiger partial charge in [0.05, 0.1) is 0 Å². The molecule has 6 aromatic rings. The average molecular weight is 1150 g/mol. The Morgan fingerprint density at radius 2 is 0.893 bits per heavy atom. The van der Waals surface area contributed by atoms with Crippen molar-refractivity contribution in [3.63, 3.8) is 0 Å². The van der Waals surface area contributed by atoms with E-state index in [0.717, 1.165) is 16.9 Å². The number of aromatic hydroxyl groups is 3. The van der Waals surface area contributed by atoms with Gasteiger partial charge in [-0.25, -0.2) is 8.78 Å². The summed E-state index contributed by atoms with van der Waals surface area (Å²) in [4.78, 5) is 16.1. The van der Waals surface area contributed by atoms with Crippen LogP contribution >= 0.6 is 71.7 Å². The Kier molecular flexibility index (Phi) is 24.5. The van der Waals surface area contributed by atoms with Crippen molar-refractivity contribution in [1.82, 2.24) is 0 Å². The van der Waals surface area contributed by atoms with Crippen LogP contribution < -0.4 is 9.80 Å². The minimum absolute atomic E-state index is 0. The van der Waals surface area contributed by atoms with Crippen LogP contribution in [0.3, 0.4) is 0 Å². The summed E-state index contributed by atoms with van der Waals surface area (Å²) in [5.41, 5.74) is 5.59. The summed E-state index contributed by atoms with van der Waals surface area (Å²) >= 11 is 9.14. The summed E-state index contributed by atoms with van der Waals surface area (Å²) < 4.78 is 26.4. The third-order valence-corrected chi connectivity index (χ3v) is 7.27. The van der Waals surface area contributed by atoms with Gasteiger partial charge in [-0.05, 0) is 146 Å². The van der Waals surface area contributed by atoms with Crippen LogP contribution in [-0.4, -0.2) is 42.2 Å². The van der Waals surface area contributed by atoms with Gasteiger partial charge in [0.25, 0.3) is 5.91 Å². The molecule has 0 saturated carbocycles. The fraction of sp³-hybridized carbons (Fsp3) is 0.119. The zero-order valence-electron chi connectivity index (χ0n) is 30.0. The van der Waals surface area contributed by atoms with Gasteiger partial charge >= 0.3 is 64.9 Å². The first kappa shape index (κ1) is 51.1. The molecule has 0 aliphatic carbocycles. The molecule has 0 heterocycles. The van der Waals surface area contributed by atoms with Crippen LogP contribution in [0.1, 0.15) is 28.9 Å². The number of anilines is 4. The summed E-state index contributed by atoms with van der Waals surface area (Å²) in [7, 11) is 0. The first-order chi connectivity index (χ1) is 25.8. The number of hydrogen-bond donors (Lipinski definition) is 3. The number of hydrogen-bond acceptors (Lipinski definition) is 6. The second-order valence-electron chi connectivity index (χ2n) is 11.3. The molecule has 0 saturated heterocycles. The fourth-order valence-corrected chi connectivity index (χ4v) is 4.77. The second-order valence-corrected chi connectivity index (χ2v) is 47.5. The molecule has 14 heteroatoms. The Morgan fingerprint density at radius 1 is 0.589 bits per heavy atom.